The van der Waals surface area contributed by atoms with Crippen molar-refractivity contribution < 1.29 is 28.6 Å². The first kappa shape index (κ1) is 21.4. The number of aromatic nitrogens is 2. The van der Waals surface area contributed by atoms with Crippen molar-refractivity contribution in [1.82, 2.24) is 9.97 Å². The molecule has 0 saturated heterocycles. The molecule has 162 valence electrons. The number of amides is 3. The molecule has 11 heteroatoms. The van der Waals surface area contributed by atoms with Crippen molar-refractivity contribution in [3.05, 3.63) is 58.2 Å². The predicted molar refractivity (Wildman–Crippen MR) is 111 cm³/mol. The van der Waals surface area contributed by atoms with E-state index in [-0.39, 0.29) is 29.7 Å². The average Bonchev–Trinajstić information content (AvgIpc) is 3.24. The van der Waals surface area contributed by atoms with Crippen molar-refractivity contribution >= 4 is 29.6 Å². The van der Waals surface area contributed by atoms with E-state index in [9.17, 15) is 14.4 Å². The Labute approximate surface area is 176 Å². The van der Waals surface area contributed by atoms with Crippen LogP contribution in [0.25, 0.3) is 0 Å². The van der Waals surface area contributed by atoms with Crippen LogP contribution in [0.1, 0.15) is 38.8 Å². The van der Waals surface area contributed by atoms with Gasteiger partial charge in [0.25, 0.3) is 11.9 Å². The van der Waals surface area contributed by atoms with Gasteiger partial charge in [-0.3, -0.25) is 10.1 Å². The smallest absolute Gasteiger partial charge is 0.449 e. The minimum atomic E-state index is -1.51. The number of carboxylic acid groups (broad SMARTS) is 1. The number of H-pyrrole nitrogens is 1. The Morgan fingerprint density at radius 3 is 2.45 bits per heavy atom. The molecular formula is C20H21N5O6. The molecule has 0 radical (unpaired) electrons. The van der Waals surface area contributed by atoms with Gasteiger partial charge in [-0.25, -0.2) is 14.6 Å². The van der Waals surface area contributed by atoms with Crippen LogP contribution in [0.4, 0.5) is 21.1 Å². The number of nitrogens with two attached hydrogens (primary N) is 1. The summed E-state index contributed by atoms with van der Waals surface area (Å²) in [7, 11) is 0. The molecule has 31 heavy (non-hydrogen) atoms. The van der Waals surface area contributed by atoms with Crippen LogP contribution in [-0.4, -0.2) is 33.2 Å². The molecule has 0 saturated carbocycles. The third kappa shape index (κ3) is 5.21. The van der Waals surface area contributed by atoms with Gasteiger partial charge in [-0.1, -0.05) is 17.7 Å². The standard InChI is InChI=1S/C20H21N5O6/c1-9-6-10(2)15(11(3)7-9)24-19(27)25-18-16(17(21)26)22-13(23-18)8-12-4-5-14(30-12)31-20(28)29/h4-7H,8H2,1-3H3,(H2,21,26)(H,22,23)(H,28,29)(H2,24,25,27). The number of furan rings is 1. The van der Waals surface area contributed by atoms with Crippen LogP contribution in [0.2, 0.25) is 0 Å². The topological polar surface area (TPSA) is 173 Å². The number of imidazole rings is 1. The van der Waals surface area contributed by atoms with Gasteiger partial charge in [-0.2, -0.15) is 0 Å². The number of urea groups is 1. The summed E-state index contributed by atoms with van der Waals surface area (Å²) in [5.74, 6) is -0.473. The number of anilines is 2. The largest absolute Gasteiger partial charge is 0.513 e. The molecule has 6 N–H and O–H groups in total. The number of carbonyl (C=O) groups is 3. The van der Waals surface area contributed by atoms with Crippen molar-refractivity contribution in [2.24, 2.45) is 5.73 Å². The van der Waals surface area contributed by atoms with Gasteiger partial charge in [0.2, 0.25) is 0 Å². The van der Waals surface area contributed by atoms with E-state index >= 15 is 0 Å². The minimum absolute atomic E-state index is 0.0454. The Hall–Kier alpha value is -4.28. The third-order valence-electron chi connectivity index (χ3n) is 4.31. The zero-order chi connectivity index (χ0) is 22.7. The van der Waals surface area contributed by atoms with Gasteiger partial charge in [0.1, 0.15) is 17.3 Å². The minimum Gasteiger partial charge on any atom is -0.449 e. The van der Waals surface area contributed by atoms with Gasteiger partial charge in [0.15, 0.2) is 5.82 Å². The van der Waals surface area contributed by atoms with E-state index in [2.05, 4.69) is 25.3 Å². The summed E-state index contributed by atoms with van der Waals surface area (Å²) in [6.07, 6.45) is -1.44. The number of carbonyl (C=O) groups excluding carboxylic acids is 2. The Kier molecular flexibility index (Phi) is 5.95. The summed E-state index contributed by atoms with van der Waals surface area (Å²) in [6, 6.07) is 6.12. The molecule has 0 bridgehead atoms. The van der Waals surface area contributed by atoms with Crippen LogP contribution in [0.15, 0.2) is 28.7 Å². The van der Waals surface area contributed by atoms with E-state index in [1.165, 1.54) is 12.1 Å². The van der Waals surface area contributed by atoms with Gasteiger partial charge in [0, 0.05) is 11.8 Å². The summed E-state index contributed by atoms with van der Waals surface area (Å²) in [5, 5.41) is 13.9. The Bertz CT molecular complexity index is 1140. The second-order valence-electron chi connectivity index (χ2n) is 6.89. The van der Waals surface area contributed by atoms with Crippen molar-refractivity contribution in [1.29, 1.82) is 0 Å². The average molecular weight is 427 g/mol. The number of nitrogens with zero attached hydrogens (tertiary/aromatic N) is 1. The lowest BCUT2D eigenvalue weighted by Crippen LogP contribution is -2.23. The fourth-order valence-electron chi connectivity index (χ4n) is 3.16. The van der Waals surface area contributed by atoms with Gasteiger partial charge < -0.3 is 30.3 Å². The summed E-state index contributed by atoms with van der Waals surface area (Å²) in [6.45, 7) is 5.72. The SMILES string of the molecule is Cc1cc(C)c(NC(=O)Nc2nc(Cc3ccc(OC(=O)O)o3)[nH]c2C(N)=O)c(C)c1. The summed E-state index contributed by atoms with van der Waals surface area (Å²) < 4.78 is 9.64. The van der Waals surface area contributed by atoms with E-state index in [1.54, 1.807) is 0 Å². The second kappa shape index (κ2) is 8.61. The molecule has 3 amide bonds. The predicted octanol–water partition coefficient (Wildman–Crippen LogP) is 3.32. The van der Waals surface area contributed by atoms with Crippen LogP contribution < -0.4 is 21.1 Å². The lowest BCUT2D eigenvalue weighted by Gasteiger charge is -2.13. The number of ether oxygens (including phenoxy) is 1. The molecule has 3 aromatic rings. The van der Waals surface area contributed by atoms with Crippen molar-refractivity contribution in [3.8, 4) is 5.95 Å². The number of rotatable bonds is 6. The normalized spacial score (nSPS) is 10.5. The van der Waals surface area contributed by atoms with E-state index in [1.807, 2.05) is 32.9 Å². The maximum atomic E-state index is 12.5. The first-order valence-corrected chi connectivity index (χ1v) is 9.16. The maximum Gasteiger partial charge on any atom is 0.513 e. The van der Waals surface area contributed by atoms with Crippen molar-refractivity contribution in [2.45, 2.75) is 27.2 Å². The molecule has 2 aromatic heterocycles. The molecule has 2 heterocycles. The summed E-state index contributed by atoms with van der Waals surface area (Å²) in [5.41, 5.74) is 8.81. The first-order chi connectivity index (χ1) is 14.6. The number of hydrogen-bond donors (Lipinski definition) is 5. The number of nitrogens with one attached hydrogen (secondary N) is 3. The number of aromatic amines is 1. The zero-order valence-corrected chi connectivity index (χ0v) is 17.0. The molecule has 3 rings (SSSR count). The summed E-state index contributed by atoms with van der Waals surface area (Å²) in [4.78, 5) is 41.7. The monoisotopic (exact) mass is 427 g/mol. The van der Waals surface area contributed by atoms with Gasteiger partial charge in [-0.05, 0) is 38.0 Å². The van der Waals surface area contributed by atoms with E-state index in [0.29, 0.717) is 11.4 Å². The second-order valence-corrected chi connectivity index (χ2v) is 6.89. The molecular weight excluding hydrogens is 406 g/mol. The molecule has 1 aromatic carbocycles. The summed E-state index contributed by atoms with van der Waals surface area (Å²) >= 11 is 0. The maximum absolute atomic E-state index is 12.5. The Morgan fingerprint density at radius 2 is 1.84 bits per heavy atom. The van der Waals surface area contributed by atoms with Crippen LogP contribution >= 0.6 is 0 Å². The molecule has 0 aliphatic heterocycles. The Morgan fingerprint density at radius 1 is 1.16 bits per heavy atom. The van der Waals surface area contributed by atoms with Crippen LogP contribution in [-0.2, 0) is 6.42 Å². The highest BCUT2D eigenvalue weighted by Gasteiger charge is 2.19. The number of benzene rings is 1. The molecule has 0 aliphatic carbocycles. The first-order valence-electron chi connectivity index (χ1n) is 9.16. The molecule has 11 nitrogen and oxygen atoms in total. The Balaban J connectivity index is 1.76. The van der Waals surface area contributed by atoms with Crippen LogP contribution in [0, 0.1) is 20.8 Å². The van der Waals surface area contributed by atoms with Crippen LogP contribution in [0.5, 0.6) is 5.95 Å². The molecule has 0 aliphatic rings. The molecule has 0 atom stereocenters. The number of hydrogen-bond acceptors (Lipinski definition) is 6. The van der Waals surface area contributed by atoms with E-state index in [4.69, 9.17) is 15.3 Å². The third-order valence-corrected chi connectivity index (χ3v) is 4.31. The quantitative estimate of drug-likeness (QED) is 0.375. The fourth-order valence-corrected chi connectivity index (χ4v) is 3.16. The fraction of sp³-hybridized carbons (Fsp3) is 0.200. The van der Waals surface area contributed by atoms with Crippen LogP contribution in [0.3, 0.4) is 0 Å². The van der Waals surface area contributed by atoms with Crippen molar-refractivity contribution in [2.75, 3.05) is 10.6 Å². The molecule has 0 spiro atoms. The van der Waals surface area contributed by atoms with E-state index < -0.39 is 18.1 Å². The zero-order valence-electron chi connectivity index (χ0n) is 17.0. The highest BCUT2D eigenvalue weighted by atomic mass is 16.7. The van der Waals surface area contributed by atoms with Gasteiger partial charge in [-0.15, -0.1) is 0 Å². The highest BCUT2D eigenvalue weighted by molar-refractivity contribution is 6.04. The van der Waals surface area contributed by atoms with E-state index in [0.717, 1.165) is 16.7 Å². The number of primary amides is 1. The van der Waals surface area contributed by atoms with Gasteiger partial charge >= 0.3 is 12.2 Å². The van der Waals surface area contributed by atoms with Gasteiger partial charge in [0.05, 0.1) is 6.42 Å². The highest BCUT2D eigenvalue weighted by Crippen LogP contribution is 2.23. The molecule has 0 fully saturated rings. The lowest BCUT2D eigenvalue weighted by atomic mass is 10.1. The lowest BCUT2D eigenvalue weighted by molar-refractivity contribution is 0.0996. The molecule has 0 unspecified atom stereocenters. The number of aryl methyl sites for hydroxylation is 3. The van der Waals surface area contributed by atoms with Crippen molar-refractivity contribution in [3.63, 3.8) is 0 Å².